The molecule has 0 fully saturated rings. The molecule has 0 aliphatic rings. The van der Waals surface area contributed by atoms with E-state index in [0.29, 0.717) is 0 Å². The molecule has 0 spiro atoms. The molecule has 0 N–H and O–H groups in total. The first-order chi connectivity index (χ1) is 3.39. The maximum absolute atomic E-state index is 4.04. The first kappa shape index (κ1) is 5.66. The monoisotopic (exact) mass is 218 g/mol. The van der Waals surface area contributed by atoms with Crippen molar-refractivity contribution < 1.29 is 39.6 Å². The molecular formula is C5H4CeN. The number of rotatable bonds is 0. The standard InChI is InChI=1S/C5H4N.Ce/c1-2-4-6-5-3-1;/h1-4H;. The zero-order valence-electron chi connectivity index (χ0n) is 3.76. The van der Waals surface area contributed by atoms with E-state index in [0.717, 1.165) is 39.6 Å². The fourth-order valence-electron chi connectivity index (χ4n) is 0.363. The molecule has 1 heterocycles. The molecule has 33 valence electrons. The number of hydrogen-bond acceptors (Lipinski definition) is 1. The van der Waals surface area contributed by atoms with E-state index in [-0.39, 0.29) is 0 Å². The molecule has 0 saturated carbocycles. The summed E-state index contributed by atoms with van der Waals surface area (Å²) < 4.78 is 1.21. The van der Waals surface area contributed by atoms with Gasteiger partial charge in [0, 0.05) is 0 Å². The normalized spacial score (nSPS) is 8.43. The van der Waals surface area contributed by atoms with E-state index in [1.807, 2.05) is 24.4 Å². The van der Waals surface area contributed by atoms with Crippen LogP contribution in [-0.2, 0) is 0 Å². The van der Waals surface area contributed by atoms with Crippen molar-refractivity contribution in [2.24, 2.45) is 0 Å². The molecule has 1 nitrogen and oxygen atoms in total. The van der Waals surface area contributed by atoms with Gasteiger partial charge in [0.1, 0.15) is 0 Å². The zero-order chi connectivity index (χ0) is 5.11. The van der Waals surface area contributed by atoms with Gasteiger partial charge >= 0.3 is 70.2 Å². The molecule has 0 aliphatic carbocycles. The van der Waals surface area contributed by atoms with Crippen LogP contribution in [0.25, 0.3) is 0 Å². The number of aromatic nitrogens is 1. The first-order valence-electron chi connectivity index (χ1n) is 2.02. The Labute approximate surface area is 69.5 Å². The van der Waals surface area contributed by atoms with Gasteiger partial charge in [-0.25, -0.2) is 0 Å². The SMILES string of the molecule is [Ce][c]1ccccn1. The molecule has 0 aliphatic heterocycles. The first-order valence-corrected chi connectivity index (χ1v) is 3.59. The van der Waals surface area contributed by atoms with Crippen LogP contribution in [0, 0.1) is 39.6 Å². The van der Waals surface area contributed by atoms with E-state index in [1.165, 1.54) is 1.21 Å². The van der Waals surface area contributed by atoms with Gasteiger partial charge in [-0.1, -0.05) is 0 Å². The van der Waals surface area contributed by atoms with Crippen LogP contribution in [0.15, 0.2) is 24.4 Å². The summed E-state index contributed by atoms with van der Waals surface area (Å²) >= 11 is 1.06. The van der Waals surface area contributed by atoms with Crippen LogP contribution in [0.5, 0.6) is 0 Å². The average Bonchev–Trinajstić information content (AvgIpc) is 1.69. The van der Waals surface area contributed by atoms with Gasteiger partial charge in [0.2, 0.25) is 0 Å². The van der Waals surface area contributed by atoms with Crippen molar-refractivity contribution in [3.63, 3.8) is 0 Å². The van der Waals surface area contributed by atoms with E-state index in [2.05, 4.69) is 4.98 Å². The second-order valence-electron chi connectivity index (χ2n) is 1.21. The molecule has 0 atom stereocenters. The number of hydrogen-bond donors (Lipinski definition) is 0. The van der Waals surface area contributed by atoms with Gasteiger partial charge in [0.25, 0.3) is 0 Å². The predicted octanol–water partition coefficient (Wildman–Crippen LogP) is 0.256. The Bertz CT molecular complexity index is 138. The fraction of sp³-hybridized carbons (Fsp3) is 0. The summed E-state index contributed by atoms with van der Waals surface area (Å²) in [5.74, 6) is 0. The van der Waals surface area contributed by atoms with E-state index in [4.69, 9.17) is 0 Å². The molecule has 1 rings (SSSR count). The van der Waals surface area contributed by atoms with E-state index in [1.54, 1.807) is 0 Å². The van der Waals surface area contributed by atoms with Gasteiger partial charge < -0.3 is 0 Å². The van der Waals surface area contributed by atoms with Crippen molar-refractivity contribution in [2.75, 3.05) is 0 Å². The summed E-state index contributed by atoms with van der Waals surface area (Å²) in [7, 11) is 0. The van der Waals surface area contributed by atoms with E-state index >= 15 is 0 Å². The van der Waals surface area contributed by atoms with Crippen molar-refractivity contribution in [3.8, 4) is 0 Å². The third-order valence-corrected chi connectivity index (χ3v) is 1.59. The van der Waals surface area contributed by atoms with Crippen LogP contribution in [0.2, 0.25) is 0 Å². The van der Waals surface area contributed by atoms with Crippen LogP contribution in [0.3, 0.4) is 0 Å². The zero-order valence-corrected chi connectivity index (χ0v) is 6.90. The Morgan fingerprint density at radius 2 is 2.29 bits per heavy atom. The van der Waals surface area contributed by atoms with E-state index < -0.39 is 0 Å². The van der Waals surface area contributed by atoms with Gasteiger partial charge in [0.15, 0.2) is 0 Å². The molecule has 0 bridgehead atoms. The van der Waals surface area contributed by atoms with Crippen molar-refractivity contribution >= 4 is 1.21 Å². The molecule has 1 aromatic heterocycles. The molecule has 0 amide bonds. The fourth-order valence-corrected chi connectivity index (χ4v) is 0.899. The van der Waals surface area contributed by atoms with E-state index in [9.17, 15) is 0 Å². The van der Waals surface area contributed by atoms with Crippen LogP contribution < -0.4 is 1.21 Å². The molecule has 0 aromatic carbocycles. The van der Waals surface area contributed by atoms with Crippen molar-refractivity contribution in [1.82, 2.24) is 4.98 Å². The van der Waals surface area contributed by atoms with Gasteiger partial charge in [-0.3, -0.25) is 0 Å². The molecule has 0 saturated heterocycles. The number of nitrogens with zero attached hydrogens (tertiary/aromatic N) is 1. The summed E-state index contributed by atoms with van der Waals surface area (Å²) in [6.45, 7) is 0. The van der Waals surface area contributed by atoms with Gasteiger partial charge in [0.05, 0.1) is 0 Å². The summed E-state index contributed by atoms with van der Waals surface area (Å²) in [6, 6.07) is 5.98. The van der Waals surface area contributed by atoms with Crippen molar-refractivity contribution in [3.05, 3.63) is 24.4 Å². The predicted molar refractivity (Wildman–Crippen MR) is 23.9 cm³/mol. The molecular weight excluding hydrogens is 214 g/mol. The minimum atomic E-state index is 1.06. The second kappa shape index (κ2) is 2.74. The van der Waals surface area contributed by atoms with Crippen LogP contribution in [-0.4, -0.2) is 4.98 Å². The molecule has 1 aromatic rings. The number of pyridine rings is 1. The third kappa shape index (κ3) is 1.84. The topological polar surface area (TPSA) is 12.9 Å². The quantitative estimate of drug-likeness (QED) is 0.608. The van der Waals surface area contributed by atoms with Crippen LogP contribution >= 0.6 is 0 Å². The summed E-state index contributed by atoms with van der Waals surface area (Å²) in [5.41, 5.74) is 0. The van der Waals surface area contributed by atoms with Gasteiger partial charge in [-0.05, 0) is 0 Å². The Kier molecular flexibility index (Phi) is 2.22. The summed E-state index contributed by atoms with van der Waals surface area (Å²) in [6.07, 6.45) is 1.82. The average molecular weight is 218 g/mol. The molecule has 2 heteroatoms. The van der Waals surface area contributed by atoms with Crippen molar-refractivity contribution in [2.45, 2.75) is 0 Å². The van der Waals surface area contributed by atoms with Gasteiger partial charge in [-0.15, -0.1) is 0 Å². The molecule has 0 unspecified atom stereocenters. The Morgan fingerprint density at radius 1 is 1.43 bits per heavy atom. The van der Waals surface area contributed by atoms with Crippen molar-refractivity contribution in [1.29, 1.82) is 0 Å². The molecule has 0 radical (unpaired) electrons. The third-order valence-electron chi connectivity index (χ3n) is 0.665. The van der Waals surface area contributed by atoms with Crippen LogP contribution in [0.4, 0.5) is 0 Å². The summed E-state index contributed by atoms with van der Waals surface area (Å²) in [5, 5.41) is 0. The van der Waals surface area contributed by atoms with Crippen LogP contribution in [0.1, 0.15) is 0 Å². The maximum atomic E-state index is 4.04. The molecule has 7 heavy (non-hydrogen) atoms. The Balaban J connectivity index is 3.02. The summed E-state index contributed by atoms with van der Waals surface area (Å²) in [4.78, 5) is 4.04. The minimum absolute atomic E-state index is 1.06. The Hall–Kier alpha value is 0.527. The second-order valence-corrected chi connectivity index (χ2v) is 2.82. The Morgan fingerprint density at radius 3 is 2.57 bits per heavy atom. The van der Waals surface area contributed by atoms with Gasteiger partial charge in [-0.2, -0.15) is 0 Å².